The Morgan fingerprint density at radius 2 is 2.13 bits per heavy atom. The van der Waals surface area contributed by atoms with E-state index in [9.17, 15) is 9.18 Å². The first-order valence-electron chi connectivity index (χ1n) is 9.55. The first-order chi connectivity index (χ1) is 14.6. The van der Waals surface area contributed by atoms with E-state index in [1.54, 1.807) is 12.3 Å². The van der Waals surface area contributed by atoms with Crippen molar-refractivity contribution in [1.29, 1.82) is 0 Å². The molecule has 30 heavy (non-hydrogen) atoms. The number of fused-ring (bicyclic) bond motifs is 2. The smallest absolute Gasteiger partial charge is 0.248 e. The molecule has 0 bridgehead atoms. The molecule has 5 rings (SSSR count). The minimum Gasteiger partial charge on any atom is -0.490 e. The van der Waals surface area contributed by atoms with E-state index in [-0.39, 0.29) is 11.4 Å². The average molecular weight is 425 g/mol. The summed E-state index contributed by atoms with van der Waals surface area (Å²) in [7, 11) is 0. The Morgan fingerprint density at radius 3 is 3.00 bits per heavy atom. The summed E-state index contributed by atoms with van der Waals surface area (Å²) in [5.41, 5.74) is 3.25. The van der Waals surface area contributed by atoms with Crippen molar-refractivity contribution in [3.8, 4) is 11.4 Å². The fourth-order valence-electron chi connectivity index (χ4n) is 3.84. The standard InChI is InChI=1S/C22H18ClFN4O2/c23-19-10-18(28-4-2-15-8-17(24)11-26-22(15)28)9-16-13-27(5-6-30-21(16)19)12-14-1-3-25-20(29)7-14/h1-4,7-11H,5-6,12-13H2,(H,25,29). The maximum Gasteiger partial charge on any atom is 0.248 e. The molecule has 152 valence electrons. The lowest BCUT2D eigenvalue weighted by atomic mass is 10.1. The molecule has 3 aromatic heterocycles. The SMILES string of the molecule is O=c1cc(CN2CCOc3c(Cl)cc(-n4ccc5cc(F)cnc54)cc3C2)cc[nH]1. The lowest BCUT2D eigenvalue weighted by Gasteiger charge is -2.19. The third kappa shape index (κ3) is 3.58. The number of rotatable bonds is 3. The molecule has 4 aromatic rings. The molecular weight excluding hydrogens is 407 g/mol. The number of aromatic amines is 1. The van der Waals surface area contributed by atoms with Crippen LogP contribution in [0.3, 0.4) is 0 Å². The van der Waals surface area contributed by atoms with Crippen LogP contribution in [0.25, 0.3) is 16.7 Å². The van der Waals surface area contributed by atoms with Crippen molar-refractivity contribution in [1.82, 2.24) is 19.4 Å². The first kappa shape index (κ1) is 18.8. The lowest BCUT2D eigenvalue weighted by molar-refractivity contribution is 0.219. The highest BCUT2D eigenvalue weighted by Crippen LogP contribution is 2.35. The van der Waals surface area contributed by atoms with Crippen LogP contribution in [0.1, 0.15) is 11.1 Å². The Bertz CT molecular complexity index is 1300. The van der Waals surface area contributed by atoms with E-state index in [0.29, 0.717) is 48.0 Å². The van der Waals surface area contributed by atoms with Gasteiger partial charge in [0.05, 0.1) is 11.2 Å². The van der Waals surface area contributed by atoms with Gasteiger partial charge in [-0.05, 0) is 35.9 Å². The molecule has 0 fully saturated rings. The molecule has 0 radical (unpaired) electrons. The molecule has 0 saturated heterocycles. The number of hydrogen-bond donors (Lipinski definition) is 1. The second-order valence-corrected chi connectivity index (χ2v) is 7.70. The number of benzene rings is 1. The van der Waals surface area contributed by atoms with Crippen LogP contribution in [0, 0.1) is 5.82 Å². The summed E-state index contributed by atoms with van der Waals surface area (Å²) in [6.45, 7) is 2.46. The molecule has 0 unspecified atom stereocenters. The van der Waals surface area contributed by atoms with Crippen molar-refractivity contribution < 1.29 is 9.13 Å². The average Bonchev–Trinajstić information content (AvgIpc) is 3.01. The van der Waals surface area contributed by atoms with E-state index in [4.69, 9.17) is 16.3 Å². The summed E-state index contributed by atoms with van der Waals surface area (Å²) in [6.07, 6.45) is 4.71. The summed E-state index contributed by atoms with van der Waals surface area (Å²) >= 11 is 6.56. The highest BCUT2D eigenvalue weighted by Gasteiger charge is 2.20. The van der Waals surface area contributed by atoms with Crippen LogP contribution in [0.4, 0.5) is 4.39 Å². The molecular formula is C22H18ClFN4O2. The topological polar surface area (TPSA) is 63.1 Å². The number of hydrogen-bond acceptors (Lipinski definition) is 4. The van der Waals surface area contributed by atoms with Crippen molar-refractivity contribution in [2.24, 2.45) is 0 Å². The summed E-state index contributed by atoms with van der Waals surface area (Å²) in [5.74, 6) is 0.299. The maximum absolute atomic E-state index is 13.5. The third-order valence-corrected chi connectivity index (χ3v) is 5.45. The van der Waals surface area contributed by atoms with Crippen molar-refractivity contribution in [3.05, 3.63) is 87.3 Å². The monoisotopic (exact) mass is 424 g/mol. The van der Waals surface area contributed by atoms with Crippen LogP contribution in [0.2, 0.25) is 5.02 Å². The summed E-state index contributed by atoms with van der Waals surface area (Å²) in [5, 5.41) is 1.23. The molecule has 8 heteroatoms. The van der Waals surface area contributed by atoms with Crippen molar-refractivity contribution >= 4 is 22.6 Å². The predicted octanol–water partition coefficient (Wildman–Crippen LogP) is 3.90. The van der Waals surface area contributed by atoms with Gasteiger partial charge >= 0.3 is 0 Å². The molecule has 0 atom stereocenters. The summed E-state index contributed by atoms with van der Waals surface area (Å²) < 4.78 is 21.3. The Morgan fingerprint density at radius 1 is 1.23 bits per heavy atom. The number of nitrogens with zero attached hydrogens (tertiary/aromatic N) is 3. The van der Waals surface area contributed by atoms with E-state index in [1.165, 1.54) is 12.3 Å². The fraction of sp³-hybridized carbons (Fsp3) is 0.182. The predicted molar refractivity (Wildman–Crippen MR) is 113 cm³/mol. The van der Waals surface area contributed by atoms with Crippen molar-refractivity contribution in [2.45, 2.75) is 13.1 Å². The zero-order valence-corrected chi connectivity index (χ0v) is 16.7. The van der Waals surface area contributed by atoms with Crippen molar-refractivity contribution in [2.75, 3.05) is 13.2 Å². The van der Waals surface area contributed by atoms with Gasteiger partial charge in [-0.15, -0.1) is 0 Å². The Kier molecular flexibility index (Phi) is 4.77. The van der Waals surface area contributed by atoms with Crippen LogP contribution < -0.4 is 10.3 Å². The molecule has 6 nitrogen and oxygen atoms in total. The van der Waals surface area contributed by atoms with E-state index in [2.05, 4.69) is 14.9 Å². The van der Waals surface area contributed by atoms with Gasteiger partial charge in [0, 0.05) is 54.7 Å². The normalized spacial score (nSPS) is 14.3. The summed E-state index contributed by atoms with van der Waals surface area (Å²) in [6, 6.07) is 10.6. The van der Waals surface area contributed by atoms with Crippen LogP contribution in [-0.4, -0.2) is 32.6 Å². The molecule has 0 amide bonds. The van der Waals surface area contributed by atoms with Gasteiger partial charge in [0.25, 0.3) is 0 Å². The Balaban J connectivity index is 1.51. The Hall–Kier alpha value is -3.16. The molecule has 0 aliphatic carbocycles. The van der Waals surface area contributed by atoms with Gasteiger partial charge < -0.3 is 14.3 Å². The van der Waals surface area contributed by atoms with Crippen LogP contribution in [0.15, 0.2) is 59.8 Å². The molecule has 1 aliphatic heterocycles. The first-order valence-corrected chi connectivity index (χ1v) is 9.93. The van der Waals surface area contributed by atoms with Gasteiger partial charge in [-0.2, -0.15) is 0 Å². The molecule has 0 saturated carbocycles. The van der Waals surface area contributed by atoms with E-state index >= 15 is 0 Å². The number of aromatic nitrogens is 3. The number of halogens is 2. The molecule has 4 heterocycles. The maximum atomic E-state index is 13.5. The zero-order chi connectivity index (χ0) is 20.7. The van der Waals surface area contributed by atoms with E-state index < -0.39 is 0 Å². The van der Waals surface area contributed by atoms with E-state index in [1.807, 2.05) is 35.0 Å². The molecule has 0 spiro atoms. The third-order valence-electron chi connectivity index (χ3n) is 5.17. The summed E-state index contributed by atoms with van der Waals surface area (Å²) in [4.78, 5) is 20.7. The number of H-pyrrole nitrogens is 1. The van der Waals surface area contributed by atoms with Gasteiger partial charge in [-0.1, -0.05) is 11.6 Å². The second kappa shape index (κ2) is 7.59. The Labute approximate surface area is 176 Å². The highest BCUT2D eigenvalue weighted by atomic mass is 35.5. The number of pyridine rings is 2. The fourth-order valence-corrected chi connectivity index (χ4v) is 4.12. The van der Waals surface area contributed by atoms with Crippen LogP contribution >= 0.6 is 11.6 Å². The van der Waals surface area contributed by atoms with Gasteiger partial charge in [0.1, 0.15) is 23.8 Å². The lowest BCUT2D eigenvalue weighted by Crippen LogP contribution is -2.25. The quantitative estimate of drug-likeness (QED) is 0.541. The molecule has 1 aliphatic rings. The van der Waals surface area contributed by atoms with E-state index in [0.717, 1.165) is 16.8 Å². The molecule has 1 N–H and O–H groups in total. The van der Waals surface area contributed by atoms with Crippen LogP contribution in [-0.2, 0) is 13.1 Å². The minimum absolute atomic E-state index is 0.118. The molecule has 1 aromatic carbocycles. The number of nitrogens with one attached hydrogen (secondary N) is 1. The van der Waals surface area contributed by atoms with Crippen LogP contribution in [0.5, 0.6) is 5.75 Å². The van der Waals surface area contributed by atoms with Gasteiger partial charge in [-0.3, -0.25) is 9.69 Å². The second-order valence-electron chi connectivity index (χ2n) is 7.29. The van der Waals surface area contributed by atoms with Gasteiger partial charge in [0.15, 0.2) is 0 Å². The van der Waals surface area contributed by atoms with Gasteiger partial charge in [-0.25, -0.2) is 9.37 Å². The van der Waals surface area contributed by atoms with Gasteiger partial charge in [0.2, 0.25) is 5.56 Å². The minimum atomic E-state index is -0.371. The largest absolute Gasteiger partial charge is 0.490 e. The van der Waals surface area contributed by atoms with Crippen molar-refractivity contribution in [3.63, 3.8) is 0 Å². The highest BCUT2D eigenvalue weighted by molar-refractivity contribution is 6.32. The zero-order valence-electron chi connectivity index (χ0n) is 15.9. The number of ether oxygens (including phenoxy) is 1.